The van der Waals surface area contributed by atoms with Crippen molar-refractivity contribution in [3.8, 4) is 0 Å². The molecule has 3 rings (SSSR count). The van der Waals surface area contributed by atoms with Crippen molar-refractivity contribution >= 4 is 23.6 Å². The van der Waals surface area contributed by atoms with E-state index in [0.29, 0.717) is 34.6 Å². The zero-order valence-electron chi connectivity index (χ0n) is 18.4. The van der Waals surface area contributed by atoms with Crippen LogP contribution in [0.3, 0.4) is 0 Å². The van der Waals surface area contributed by atoms with Gasteiger partial charge in [0.25, 0.3) is 0 Å². The molecule has 1 fully saturated rings. The largest absolute Gasteiger partial charge is 0.416 e. The fraction of sp³-hybridized carbons (Fsp3) is 0.417. The number of hydrogen-bond acceptors (Lipinski definition) is 2. The van der Waals surface area contributed by atoms with E-state index in [2.05, 4.69) is 57.0 Å². The smallest absolute Gasteiger partial charge is 0.342 e. The van der Waals surface area contributed by atoms with E-state index in [1.807, 2.05) is 12.1 Å². The molecule has 0 unspecified atom stereocenters. The SMILES string of the molecule is C=C(Nc1ccc(B2CC(C)(C)C(C)(C)C2)cc1)Nc1cc(C(F)(F)F)ccc1C. The average Bonchev–Trinajstić information content (AvgIpc) is 2.84. The zero-order chi connectivity index (χ0) is 22.3. The highest BCUT2D eigenvalue weighted by Crippen LogP contribution is 2.52. The predicted octanol–water partition coefficient (Wildman–Crippen LogP) is 6.78. The Labute approximate surface area is 178 Å². The van der Waals surface area contributed by atoms with Gasteiger partial charge in [-0.3, -0.25) is 0 Å². The van der Waals surface area contributed by atoms with Crippen LogP contribution in [0.1, 0.15) is 38.8 Å². The third kappa shape index (κ3) is 4.68. The Kier molecular flexibility index (Phi) is 5.74. The molecule has 0 radical (unpaired) electrons. The molecule has 0 saturated carbocycles. The van der Waals surface area contributed by atoms with Crippen LogP contribution in [0.4, 0.5) is 24.5 Å². The predicted molar refractivity (Wildman–Crippen MR) is 122 cm³/mol. The maximum absolute atomic E-state index is 13.0. The maximum atomic E-state index is 13.0. The summed E-state index contributed by atoms with van der Waals surface area (Å²) >= 11 is 0. The molecule has 1 aliphatic rings. The van der Waals surface area contributed by atoms with E-state index >= 15 is 0 Å². The first-order valence-corrected chi connectivity index (χ1v) is 10.3. The molecule has 160 valence electrons. The van der Waals surface area contributed by atoms with Crippen molar-refractivity contribution in [3.05, 3.63) is 66.0 Å². The molecule has 0 amide bonds. The van der Waals surface area contributed by atoms with E-state index in [1.165, 1.54) is 11.5 Å². The third-order valence-corrected chi connectivity index (χ3v) is 6.87. The van der Waals surface area contributed by atoms with Crippen LogP contribution < -0.4 is 16.1 Å². The second-order valence-electron chi connectivity index (χ2n) is 9.75. The molecule has 1 aliphatic heterocycles. The summed E-state index contributed by atoms with van der Waals surface area (Å²) in [5.74, 6) is 0.424. The van der Waals surface area contributed by atoms with Crippen LogP contribution in [0.5, 0.6) is 0 Å². The topological polar surface area (TPSA) is 24.1 Å². The normalized spacial score (nSPS) is 17.7. The Morgan fingerprint density at radius 1 is 0.933 bits per heavy atom. The van der Waals surface area contributed by atoms with Crippen molar-refractivity contribution in [2.75, 3.05) is 10.6 Å². The van der Waals surface area contributed by atoms with Gasteiger partial charge in [-0.2, -0.15) is 13.2 Å². The Morgan fingerprint density at radius 2 is 1.50 bits per heavy atom. The second-order valence-corrected chi connectivity index (χ2v) is 9.75. The highest BCUT2D eigenvalue weighted by atomic mass is 19.4. The van der Waals surface area contributed by atoms with Crippen molar-refractivity contribution in [1.82, 2.24) is 0 Å². The fourth-order valence-corrected chi connectivity index (χ4v) is 4.23. The van der Waals surface area contributed by atoms with Gasteiger partial charge in [0.15, 0.2) is 6.71 Å². The number of aryl methyl sites for hydroxylation is 1. The summed E-state index contributed by atoms with van der Waals surface area (Å²) in [6.07, 6.45) is -2.05. The first kappa shape index (κ1) is 22.3. The van der Waals surface area contributed by atoms with Gasteiger partial charge in [-0.25, -0.2) is 0 Å². The zero-order valence-corrected chi connectivity index (χ0v) is 18.4. The van der Waals surface area contributed by atoms with Crippen LogP contribution in [-0.2, 0) is 6.18 Å². The summed E-state index contributed by atoms with van der Waals surface area (Å²) in [7, 11) is 0. The molecule has 2 nitrogen and oxygen atoms in total. The Hall–Kier alpha value is -2.37. The molecule has 2 aromatic carbocycles. The number of halogens is 3. The fourth-order valence-electron chi connectivity index (χ4n) is 4.23. The Bertz CT molecular complexity index is 914. The summed E-state index contributed by atoms with van der Waals surface area (Å²) in [6, 6.07) is 11.9. The minimum atomic E-state index is -4.38. The van der Waals surface area contributed by atoms with Crippen molar-refractivity contribution in [3.63, 3.8) is 0 Å². The summed E-state index contributed by atoms with van der Waals surface area (Å²) in [5, 5.41) is 6.10. The third-order valence-electron chi connectivity index (χ3n) is 6.87. The highest BCUT2D eigenvalue weighted by molar-refractivity contribution is 6.74. The van der Waals surface area contributed by atoms with Crippen molar-refractivity contribution in [1.29, 1.82) is 0 Å². The standard InChI is InChI=1S/C24H30BF3N2/c1-16-7-8-18(24(26,27)28)13-21(16)30-17(2)29-20-11-9-19(10-12-20)25-14-22(3,4)23(5,6)15-25/h7-13,29-30H,2,14-15H2,1,3-6H3. The molecule has 2 aromatic rings. The number of alkyl halides is 3. The first-order chi connectivity index (χ1) is 13.8. The van der Waals surface area contributed by atoms with Gasteiger partial charge in [0.1, 0.15) is 5.82 Å². The van der Waals surface area contributed by atoms with E-state index in [9.17, 15) is 13.2 Å². The minimum absolute atomic E-state index is 0.301. The minimum Gasteiger partial charge on any atom is -0.342 e. The van der Waals surface area contributed by atoms with Crippen LogP contribution in [0.25, 0.3) is 0 Å². The van der Waals surface area contributed by atoms with Gasteiger partial charge in [-0.05, 0) is 47.6 Å². The lowest BCUT2D eigenvalue weighted by Crippen LogP contribution is -2.27. The van der Waals surface area contributed by atoms with E-state index < -0.39 is 11.7 Å². The molecular weight excluding hydrogens is 384 g/mol. The molecule has 0 aliphatic carbocycles. The number of hydrogen-bond donors (Lipinski definition) is 2. The van der Waals surface area contributed by atoms with Crippen molar-refractivity contribution < 1.29 is 13.2 Å². The van der Waals surface area contributed by atoms with E-state index in [-0.39, 0.29) is 0 Å². The molecule has 0 spiro atoms. The Morgan fingerprint density at radius 3 is 2.03 bits per heavy atom. The lowest BCUT2D eigenvalue weighted by Gasteiger charge is -2.35. The molecule has 2 N–H and O–H groups in total. The summed E-state index contributed by atoms with van der Waals surface area (Å²) < 4.78 is 38.9. The van der Waals surface area contributed by atoms with E-state index in [0.717, 1.165) is 30.5 Å². The Balaban J connectivity index is 1.66. The van der Waals surface area contributed by atoms with Crippen molar-refractivity contribution in [2.24, 2.45) is 10.8 Å². The second kappa shape index (κ2) is 7.71. The lowest BCUT2D eigenvalue weighted by atomic mass is 9.42. The molecule has 1 saturated heterocycles. The molecule has 0 bridgehead atoms. The van der Waals surface area contributed by atoms with Crippen molar-refractivity contribution in [2.45, 2.75) is 53.4 Å². The van der Waals surface area contributed by atoms with Gasteiger partial charge in [-0.15, -0.1) is 0 Å². The van der Waals surface area contributed by atoms with Crippen LogP contribution in [0, 0.1) is 17.8 Å². The van der Waals surface area contributed by atoms with Crippen LogP contribution in [0.2, 0.25) is 12.6 Å². The van der Waals surface area contributed by atoms with Gasteiger partial charge in [-0.1, -0.05) is 70.6 Å². The average molecular weight is 414 g/mol. The highest BCUT2D eigenvalue weighted by Gasteiger charge is 2.47. The van der Waals surface area contributed by atoms with Gasteiger partial charge in [0, 0.05) is 11.4 Å². The summed E-state index contributed by atoms with van der Waals surface area (Å²) in [6.45, 7) is 15.6. The maximum Gasteiger partial charge on any atom is 0.416 e. The van der Waals surface area contributed by atoms with Crippen LogP contribution in [-0.4, -0.2) is 6.71 Å². The first-order valence-electron chi connectivity index (χ1n) is 10.3. The van der Waals surface area contributed by atoms with E-state index in [1.54, 1.807) is 6.92 Å². The summed E-state index contributed by atoms with van der Waals surface area (Å²) in [5.41, 5.74) is 3.19. The molecular formula is C24H30BF3N2. The van der Waals surface area contributed by atoms with Crippen LogP contribution >= 0.6 is 0 Å². The number of benzene rings is 2. The quantitative estimate of drug-likeness (QED) is 0.527. The van der Waals surface area contributed by atoms with E-state index in [4.69, 9.17) is 0 Å². The van der Waals surface area contributed by atoms with Crippen LogP contribution in [0.15, 0.2) is 54.9 Å². The molecule has 1 heterocycles. The summed E-state index contributed by atoms with van der Waals surface area (Å²) in [4.78, 5) is 0. The van der Waals surface area contributed by atoms with Gasteiger partial charge in [0.2, 0.25) is 0 Å². The molecule has 6 heteroatoms. The van der Waals surface area contributed by atoms with Gasteiger partial charge in [0.05, 0.1) is 5.56 Å². The molecule has 0 aromatic heterocycles. The molecule has 30 heavy (non-hydrogen) atoms. The van der Waals surface area contributed by atoms with Gasteiger partial charge >= 0.3 is 6.18 Å². The molecule has 0 atom stereocenters. The lowest BCUT2D eigenvalue weighted by molar-refractivity contribution is -0.137. The number of rotatable bonds is 5. The van der Waals surface area contributed by atoms with Gasteiger partial charge < -0.3 is 10.6 Å². The number of anilines is 2. The monoisotopic (exact) mass is 414 g/mol. The number of nitrogens with one attached hydrogen (secondary N) is 2.